The molecule has 124 valence electrons. The van der Waals surface area contributed by atoms with Crippen LogP contribution in [0.5, 0.6) is 0 Å². The number of rotatable bonds is 14. The minimum atomic E-state index is -0.234. The summed E-state index contributed by atoms with van der Waals surface area (Å²) < 4.78 is 11.0. The summed E-state index contributed by atoms with van der Waals surface area (Å²) >= 11 is 0. The molecule has 0 aliphatic carbocycles. The van der Waals surface area contributed by atoms with E-state index in [-0.39, 0.29) is 10.8 Å². The van der Waals surface area contributed by atoms with Gasteiger partial charge >= 0.3 is 0 Å². The lowest BCUT2D eigenvalue weighted by Gasteiger charge is -2.16. The molecule has 4 heteroatoms. The SMILES string of the molecule is CC(C)(C=O)CCCOCCCOCCCC(C)(C)C=O. The second kappa shape index (κ2) is 10.9. The fourth-order valence-electron chi connectivity index (χ4n) is 1.84. The number of carbonyl (C=O) groups excluding carboxylic acids is 2. The summed E-state index contributed by atoms with van der Waals surface area (Å²) in [5.41, 5.74) is -0.469. The molecule has 0 unspecified atom stereocenters. The largest absolute Gasteiger partial charge is 0.381 e. The average Bonchev–Trinajstić information content (AvgIpc) is 2.44. The Hall–Kier alpha value is -0.740. The van der Waals surface area contributed by atoms with E-state index < -0.39 is 0 Å². The zero-order valence-electron chi connectivity index (χ0n) is 14.2. The standard InChI is InChI=1S/C17H32O4/c1-16(2,14-18)8-5-10-20-12-7-13-21-11-6-9-17(3,4)15-19/h14-15H,5-13H2,1-4H3. The Morgan fingerprint density at radius 1 is 0.667 bits per heavy atom. The van der Waals surface area contributed by atoms with E-state index in [9.17, 15) is 9.59 Å². The molecule has 21 heavy (non-hydrogen) atoms. The van der Waals surface area contributed by atoms with Gasteiger partial charge in [0.1, 0.15) is 12.6 Å². The Morgan fingerprint density at radius 2 is 1.00 bits per heavy atom. The van der Waals surface area contributed by atoms with Gasteiger partial charge in [-0.3, -0.25) is 0 Å². The van der Waals surface area contributed by atoms with Gasteiger partial charge in [0.2, 0.25) is 0 Å². The van der Waals surface area contributed by atoms with Crippen LogP contribution in [0.1, 0.15) is 59.8 Å². The molecule has 0 bridgehead atoms. The van der Waals surface area contributed by atoms with Crippen LogP contribution >= 0.6 is 0 Å². The molecule has 4 nitrogen and oxygen atoms in total. The number of aldehydes is 2. The van der Waals surface area contributed by atoms with Crippen molar-refractivity contribution in [3.8, 4) is 0 Å². The van der Waals surface area contributed by atoms with E-state index >= 15 is 0 Å². The van der Waals surface area contributed by atoms with E-state index in [4.69, 9.17) is 9.47 Å². The van der Waals surface area contributed by atoms with Gasteiger partial charge in [0, 0.05) is 37.3 Å². The Bertz CT molecular complexity index is 257. The lowest BCUT2D eigenvalue weighted by Crippen LogP contribution is -2.14. The predicted octanol–water partition coefficient (Wildman–Crippen LogP) is 3.42. The van der Waals surface area contributed by atoms with Crippen molar-refractivity contribution in [2.24, 2.45) is 10.8 Å². The second-order valence-electron chi connectivity index (χ2n) is 7.00. The summed E-state index contributed by atoms with van der Waals surface area (Å²) in [4.78, 5) is 21.4. The van der Waals surface area contributed by atoms with Gasteiger partial charge in [0.15, 0.2) is 0 Å². The normalized spacial score (nSPS) is 12.4. The summed E-state index contributed by atoms with van der Waals surface area (Å²) in [5, 5.41) is 0. The summed E-state index contributed by atoms with van der Waals surface area (Å²) in [6.45, 7) is 10.6. The zero-order valence-corrected chi connectivity index (χ0v) is 14.2. The molecule has 0 aliphatic rings. The molecule has 0 aliphatic heterocycles. The molecular weight excluding hydrogens is 268 g/mol. The van der Waals surface area contributed by atoms with Crippen LogP contribution in [-0.2, 0) is 19.1 Å². The summed E-state index contributed by atoms with van der Waals surface area (Å²) in [7, 11) is 0. The van der Waals surface area contributed by atoms with Crippen LogP contribution in [0.25, 0.3) is 0 Å². The molecule has 0 aromatic rings. The quantitative estimate of drug-likeness (QED) is 0.364. The molecule has 0 N–H and O–H groups in total. The summed E-state index contributed by atoms with van der Waals surface area (Å²) in [6.07, 6.45) is 6.44. The van der Waals surface area contributed by atoms with Gasteiger partial charge in [-0.2, -0.15) is 0 Å². The highest BCUT2D eigenvalue weighted by Crippen LogP contribution is 2.19. The van der Waals surface area contributed by atoms with Crippen molar-refractivity contribution in [3.05, 3.63) is 0 Å². The first-order valence-corrected chi connectivity index (χ1v) is 7.91. The molecule has 0 fully saturated rings. The van der Waals surface area contributed by atoms with Gasteiger partial charge in [-0.25, -0.2) is 0 Å². The van der Waals surface area contributed by atoms with Gasteiger partial charge in [-0.15, -0.1) is 0 Å². The van der Waals surface area contributed by atoms with Crippen LogP contribution in [-0.4, -0.2) is 39.0 Å². The smallest absolute Gasteiger partial charge is 0.125 e. The summed E-state index contributed by atoms with van der Waals surface area (Å²) in [5.74, 6) is 0. The van der Waals surface area contributed by atoms with Crippen LogP contribution in [0, 0.1) is 10.8 Å². The third kappa shape index (κ3) is 12.7. The van der Waals surface area contributed by atoms with Crippen molar-refractivity contribution in [2.45, 2.75) is 59.8 Å². The maximum atomic E-state index is 10.7. The minimum absolute atomic E-state index is 0.234. The fraction of sp³-hybridized carbons (Fsp3) is 0.882. The highest BCUT2D eigenvalue weighted by molar-refractivity contribution is 5.57. The molecule has 0 radical (unpaired) electrons. The molecule has 0 atom stereocenters. The first-order valence-electron chi connectivity index (χ1n) is 7.91. The van der Waals surface area contributed by atoms with E-state index in [1.165, 1.54) is 0 Å². The predicted molar refractivity (Wildman–Crippen MR) is 84.4 cm³/mol. The van der Waals surface area contributed by atoms with Crippen molar-refractivity contribution in [1.82, 2.24) is 0 Å². The van der Waals surface area contributed by atoms with Crippen LogP contribution in [0.3, 0.4) is 0 Å². The van der Waals surface area contributed by atoms with Crippen LogP contribution in [0.2, 0.25) is 0 Å². The van der Waals surface area contributed by atoms with E-state index in [1.807, 2.05) is 27.7 Å². The average molecular weight is 300 g/mol. The molecule has 0 saturated heterocycles. The lowest BCUT2D eigenvalue weighted by molar-refractivity contribution is -0.115. The molecule has 0 amide bonds. The molecule has 0 aromatic carbocycles. The molecule has 0 rings (SSSR count). The second-order valence-corrected chi connectivity index (χ2v) is 7.00. The summed E-state index contributed by atoms with van der Waals surface area (Å²) in [6, 6.07) is 0. The number of hydrogen-bond donors (Lipinski definition) is 0. The van der Waals surface area contributed by atoms with Crippen molar-refractivity contribution in [3.63, 3.8) is 0 Å². The third-order valence-corrected chi connectivity index (χ3v) is 3.44. The molecule has 0 heterocycles. The van der Waals surface area contributed by atoms with Crippen molar-refractivity contribution < 1.29 is 19.1 Å². The van der Waals surface area contributed by atoms with Gasteiger partial charge in [-0.1, -0.05) is 27.7 Å². The first kappa shape index (κ1) is 20.3. The monoisotopic (exact) mass is 300 g/mol. The Balaban J connectivity index is 3.27. The highest BCUT2D eigenvalue weighted by atomic mass is 16.5. The Kier molecular flexibility index (Phi) is 10.5. The van der Waals surface area contributed by atoms with Crippen LogP contribution in [0.4, 0.5) is 0 Å². The molecule has 0 aromatic heterocycles. The topological polar surface area (TPSA) is 52.6 Å². The van der Waals surface area contributed by atoms with Crippen molar-refractivity contribution in [2.75, 3.05) is 26.4 Å². The maximum absolute atomic E-state index is 10.7. The Labute approximate surface area is 129 Å². The van der Waals surface area contributed by atoms with E-state index in [2.05, 4.69) is 0 Å². The number of hydrogen-bond acceptors (Lipinski definition) is 4. The number of ether oxygens (including phenoxy) is 2. The van der Waals surface area contributed by atoms with Gasteiger partial charge < -0.3 is 19.1 Å². The van der Waals surface area contributed by atoms with Gasteiger partial charge in [0.05, 0.1) is 0 Å². The van der Waals surface area contributed by atoms with Crippen molar-refractivity contribution in [1.29, 1.82) is 0 Å². The van der Waals surface area contributed by atoms with Crippen LogP contribution < -0.4 is 0 Å². The molecule has 0 spiro atoms. The maximum Gasteiger partial charge on any atom is 0.125 e. The number of carbonyl (C=O) groups is 2. The van der Waals surface area contributed by atoms with E-state index in [1.54, 1.807) is 0 Å². The third-order valence-electron chi connectivity index (χ3n) is 3.44. The van der Waals surface area contributed by atoms with Crippen LogP contribution in [0.15, 0.2) is 0 Å². The van der Waals surface area contributed by atoms with Crippen molar-refractivity contribution >= 4 is 12.6 Å². The molecule has 0 saturated carbocycles. The zero-order chi connectivity index (χ0) is 16.2. The minimum Gasteiger partial charge on any atom is -0.381 e. The van der Waals surface area contributed by atoms with E-state index in [0.717, 1.165) is 44.7 Å². The first-order chi connectivity index (χ1) is 9.83. The highest BCUT2D eigenvalue weighted by Gasteiger charge is 2.15. The molecular formula is C17H32O4. The Morgan fingerprint density at radius 3 is 1.33 bits per heavy atom. The van der Waals surface area contributed by atoms with E-state index in [0.29, 0.717) is 26.4 Å². The van der Waals surface area contributed by atoms with Gasteiger partial charge in [0.25, 0.3) is 0 Å². The lowest BCUT2D eigenvalue weighted by atomic mass is 9.90. The van der Waals surface area contributed by atoms with Gasteiger partial charge in [-0.05, 0) is 32.1 Å². The fourth-order valence-corrected chi connectivity index (χ4v) is 1.84.